The number of hydrogen-bond acceptors (Lipinski definition) is 5. The number of aromatic nitrogens is 1. The molecule has 0 aliphatic carbocycles. The molecule has 0 radical (unpaired) electrons. The van der Waals surface area contributed by atoms with Crippen LogP contribution in [0.5, 0.6) is 5.75 Å². The van der Waals surface area contributed by atoms with Crippen molar-refractivity contribution in [2.45, 2.75) is 20.3 Å². The molecule has 7 nitrogen and oxygen atoms in total. The molecule has 0 bridgehead atoms. The maximum Gasteiger partial charge on any atom is 0.262 e. The Morgan fingerprint density at radius 2 is 1.80 bits per heavy atom. The molecule has 0 spiro atoms. The van der Waals surface area contributed by atoms with Gasteiger partial charge in [-0.3, -0.25) is 9.59 Å². The fraction of sp³-hybridized carbons (Fsp3) is 0.409. The first-order valence-electron chi connectivity index (χ1n) is 10.1. The molecule has 1 saturated heterocycles. The van der Waals surface area contributed by atoms with Gasteiger partial charge in [0.2, 0.25) is 5.91 Å². The third-order valence-electron chi connectivity index (χ3n) is 4.75. The lowest BCUT2D eigenvalue weighted by atomic mass is 10.1. The van der Waals surface area contributed by atoms with Crippen LogP contribution in [0, 0.1) is 5.92 Å². The maximum atomic E-state index is 12.2. The Hall–Kier alpha value is -2.80. The van der Waals surface area contributed by atoms with Gasteiger partial charge in [-0.25, -0.2) is 4.98 Å². The highest BCUT2D eigenvalue weighted by Gasteiger charge is 2.22. The number of carbonyl (C=O) groups excluding carboxylic acids is 2. The number of carbonyl (C=O) groups is 2. The first-order valence-corrected chi connectivity index (χ1v) is 10.5. The normalized spacial score (nSPS) is 14.0. The van der Waals surface area contributed by atoms with Gasteiger partial charge in [0.15, 0.2) is 6.61 Å². The molecule has 3 rings (SSSR count). The van der Waals surface area contributed by atoms with Crippen molar-refractivity contribution < 1.29 is 14.3 Å². The summed E-state index contributed by atoms with van der Waals surface area (Å²) in [5.74, 6) is 1.74. The molecular formula is C22H27ClN4O3. The molecule has 30 heavy (non-hydrogen) atoms. The van der Waals surface area contributed by atoms with Crippen LogP contribution in [0.4, 0.5) is 11.5 Å². The zero-order valence-electron chi connectivity index (χ0n) is 17.3. The molecule has 1 aliphatic heterocycles. The van der Waals surface area contributed by atoms with E-state index in [1.54, 1.807) is 30.5 Å². The summed E-state index contributed by atoms with van der Waals surface area (Å²) in [5.41, 5.74) is 0.606. The summed E-state index contributed by atoms with van der Waals surface area (Å²) in [6.45, 7) is 6.91. The van der Waals surface area contributed by atoms with Crippen molar-refractivity contribution in [1.82, 2.24) is 9.88 Å². The molecule has 2 aromatic rings. The lowest BCUT2D eigenvalue weighted by Gasteiger charge is -2.35. The number of pyridine rings is 1. The number of ether oxygens (including phenoxy) is 1. The van der Waals surface area contributed by atoms with Crippen LogP contribution in [0.15, 0.2) is 42.6 Å². The zero-order valence-corrected chi connectivity index (χ0v) is 18.1. The number of nitrogens with one attached hydrogen (secondary N) is 1. The van der Waals surface area contributed by atoms with E-state index < -0.39 is 0 Å². The van der Waals surface area contributed by atoms with E-state index in [2.05, 4.69) is 29.0 Å². The number of benzene rings is 1. The average Bonchev–Trinajstić information content (AvgIpc) is 2.73. The first kappa shape index (κ1) is 21.9. The van der Waals surface area contributed by atoms with E-state index in [-0.39, 0.29) is 18.4 Å². The number of rotatable bonds is 7. The lowest BCUT2D eigenvalue weighted by Crippen LogP contribution is -2.49. The summed E-state index contributed by atoms with van der Waals surface area (Å²) in [6.07, 6.45) is 2.22. The summed E-state index contributed by atoms with van der Waals surface area (Å²) in [6, 6.07) is 10.5. The van der Waals surface area contributed by atoms with Crippen LogP contribution in [0.3, 0.4) is 0 Å². The predicted octanol–water partition coefficient (Wildman–Crippen LogP) is 3.45. The molecule has 2 amide bonds. The van der Waals surface area contributed by atoms with Crippen LogP contribution in [-0.4, -0.2) is 54.5 Å². The third kappa shape index (κ3) is 6.35. The standard InChI is InChI=1S/C22H27ClN4O3/c1-16(2)13-22(29)27-11-9-26(10-12-27)20-8-5-18(14-24-20)25-21(28)15-30-19-6-3-17(23)4-7-19/h3-8,14,16H,9-13,15H2,1-2H3,(H,25,28). The van der Waals surface area contributed by atoms with Crippen LogP contribution < -0.4 is 15.0 Å². The van der Waals surface area contributed by atoms with Crippen molar-refractivity contribution in [3.05, 3.63) is 47.6 Å². The second-order valence-electron chi connectivity index (χ2n) is 7.66. The van der Waals surface area contributed by atoms with Gasteiger partial charge in [0.25, 0.3) is 5.91 Å². The van der Waals surface area contributed by atoms with Crippen LogP contribution in [-0.2, 0) is 9.59 Å². The highest BCUT2D eigenvalue weighted by Crippen LogP contribution is 2.18. The maximum absolute atomic E-state index is 12.2. The van der Waals surface area contributed by atoms with Gasteiger partial charge in [0.05, 0.1) is 11.9 Å². The highest BCUT2D eigenvalue weighted by atomic mass is 35.5. The van der Waals surface area contributed by atoms with Gasteiger partial charge >= 0.3 is 0 Å². The Morgan fingerprint density at radius 3 is 2.40 bits per heavy atom. The van der Waals surface area contributed by atoms with Gasteiger partial charge < -0.3 is 19.9 Å². The molecule has 0 atom stereocenters. The Bertz CT molecular complexity index is 848. The second kappa shape index (κ2) is 10.3. The number of amides is 2. The molecule has 0 saturated carbocycles. The van der Waals surface area contributed by atoms with Crippen molar-refractivity contribution in [3.63, 3.8) is 0 Å². The number of piperazine rings is 1. The van der Waals surface area contributed by atoms with Crippen molar-refractivity contribution in [2.24, 2.45) is 5.92 Å². The van der Waals surface area contributed by atoms with Crippen molar-refractivity contribution in [1.29, 1.82) is 0 Å². The number of nitrogens with zero attached hydrogens (tertiary/aromatic N) is 3. The van der Waals surface area contributed by atoms with Gasteiger partial charge in [-0.2, -0.15) is 0 Å². The monoisotopic (exact) mass is 430 g/mol. The summed E-state index contributed by atoms with van der Waals surface area (Å²) < 4.78 is 5.44. The van der Waals surface area contributed by atoms with Crippen LogP contribution in [0.2, 0.25) is 5.02 Å². The molecule has 2 heterocycles. The first-order chi connectivity index (χ1) is 14.4. The van der Waals surface area contributed by atoms with E-state index in [4.69, 9.17) is 16.3 Å². The Labute approximate surface area is 182 Å². The van der Waals surface area contributed by atoms with Crippen LogP contribution in [0.1, 0.15) is 20.3 Å². The Kier molecular flexibility index (Phi) is 7.52. The molecule has 1 aromatic carbocycles. The summed E-state index contributed by atoms with van der Waals surface area (Å²) in [4.78, 5) is 32.8. The summed E-state index contributed by atoms with van der Waals surface area (Å²) >= 11 is 5.83. The molecule has 8 heteroatoms. The van der Waals surface area contributed by atoms with Gasteiger partial charge in [-0.15, -0.1) is 0 Å². The second-order valence-corrected chi connectivity index (χ2v) is 8.10. The number of anilines is 2. The Balaban J connectivity index is 1.45. The highest BCUT2D eigenvalue weighted by molar-refractivity contribution is 6.30. The summed E-state index contributed by atoms with van der Waals surface area (Å²) in [5, 5.41) is 3.38. The van der Waals surface area contributed by atoms with Gasteiger partial charge in [-0.05, 0) is 42.3 Å². The molecule has 1 fully saturated rings. The molecule has 1 aromatic heterocycles. The minimum atomic E-state index is -0.267. The number of hydrogen-bond donors (Lipinski definition) is 1. The minimum Gasteiger partial charge on any atom is -0.484 e. The van der Waals surface area contributed by atoms with E-state index in [9.17, 15) is 9.59 Å². The quantitative estimate of drug-likeness (QED) is 0.728. The van der Waals surface area contributed by atoms with Gasteiger partial charge in [-0.1, -0.05) is 25.4 Å². The third-order valence-corrected chi connectivity index (χ3v) is 5.01. The van der Waals surface area contributed by atoms with E-state index in [1.165, 1.54) is 0 Å². The fourth-order valence-electron chi connectivity index (χ4n) is 3.19. The van der Waals surface area contributed by atoms with E-state index in [0.717, 1.165) is 18.9 Å². The zero-order chi connectivity index (χ0) is 21.5. The molecule has 1 aliphatic rings. The largest absolute Gasteiger partial charge is 0.484 e. The van der Waals surface area contributed by atoms with E-state index >= 15 is 0 Å². The SMILES string of the molecule is CC(C)CC(=O)N1CCN(c2ccc(NC(=O)COc3ccc(Cl)cc3)cn2)CC1. The smallest absolute Gasteiger partial charge is 0.262 e. The minimum absolute atomic E-state index is 0.101. The molecule has 1 N–H and O–H groups in total. The van der Waals surface area contributed by atoms with Gasteiger partial charge in [0.1, 0.15) is 11.6 Å². The van der Waals surface area contributed by atoms with Crippen LogP contribution >= 0.6 is 11.6 Å². The summed E-state index contributed by atoms with van der Waals surface area (Å²) in [7, 11) is 0. The van der Waals surface area contributed by atoms with Crippen molar-refractivity contribution >= 4 is 34.9 Å². The fourth-order valence-corrected chi connectivity index (χ4v) is 3.31. The van der Waals surface area contributed by atoms with Crippen molar-refractivity contribution in [2.75, 3.05) is 43.0 Å². The Morgan fingerprint density at radius 1 is 1.10 bits per heavy atom. The van der Waals surface area contributed by atoms with Gasteiger partial charge in [0, 0.05) is 37.6 Å². The average molecular weight is 431 g/mol. The predicted molar refractivity (Wildman–Crippen MR) is 118 cm³/mol. The lowest BCUT2D eigenvalue weighted by molar-refractivity contribution is -0.132. The van der Waals surface area contributed by atoms with Crippen molar-refractivity contribution in [3.8, 4) is 5.75 Å². The van der Waals surface area contributed by atoms with E-state index in [1.807, 2.05) is 17.0 Å². The molecule has 160 valence electrons. The van der Waals surface area contributed by atoms with E-state index in [0.29, 0.717) is 41.9 Å². The number of halogens is 1. The van der Waals surface area contributed by atoms with Crippen LogP contribution in [0.25, 0.3) is 0 Å². The molecule has 0 unspecified atom stereocenters. The molecular weight excluding hydrogens is 404 g/mol. The topological polar surface area (TPSA) is 74.8 Å².